The van der Waals surface area contributed by atoms with E-state index in [9.17, 15) is 4.79 Å². The SMILES string of the molecule is C#CCNC(=NCCC(=O)N(C)C)NCC. The molecule has 0 aliphatic heterocycles. The van der Waals surface area contributed by atoms with Crippen LogP contribution < -0.4 is 10.6 Å². The third kappa shape index (κ3) is 6.71. The van der Waals surface area contributed by atoms with Gasteiger partial charge in [-0.2, -0.15) is 0 Å². The molecule has 0 aliphatic carbocycles. The van der Waals surface area contributed by atoms with Gasteiger partial charge in [-0.1, -0.05) is 5.92 Å². The average Bonchev–Trinajstić information content (AvgIpc) is 2.25. The largest absolute Gasteiger partial charge is 0.357 e. The predicted octanol–water partition coefficient (Wildman–Crippen LogP) is -0.347. The van der Waals surface area contributed by atoms with Gasteiger partial charge in [0, 0.05) is 27.1 Å². The van der Waals surface area contributed by atoms with Crippen molar-refractivity contribution in [2.75, 3.05) is 33.7 Å². The van der Waals surface area contributed by atoms with Gasteiger partial charge in [0.1, 0.15) is 0 Å². The first-order valence-corrected chi connectivity index (χ1v) is 5.27. The van der Waals surface area contributed by atoms with E-state index in [1.54, 1.807) is 19.0 Å². The van der Waals surface area contributed by atoms with Crippen LogP contribution in [0, 0.1) is 12.3 Å². The number of hydrogen-bond acceptors (Lipinski definition) is 2. The Morgan fingerprint density at radius 2 is 2.12 bits per heavy atom. The predicted molar refractivity (Wildman–Crippen MR) is 66.1 cm³/mol. The number of guanidine groups is 1. The van der Waals surface area contributed by atoms with Crippen LogP contribution in [0.2, 0.25) is 0 Å². The van der Waals surface area contributed by atoms with Gasteiger partial charge in [-0.05, 0) is 6.92 Å². The van der Waals surface area contributed by atoms with E-state index in [1.807, 2.05) is 6.92 Å². The van der Waals surface area contributed by atoms with Gasteiger partial charge in [0.2, 0.25) is 5.91 Å². The van der Waals surface area contributed by atoms with Gasteiger partial charge < -0.3 is 15.5 Å². The maximum Gasteiger partial charge on any atom is 0.223 e. The minimum Gasteiger partial charge on any atom is -0.357 e. The Morgan fingerprint density at radius 3 is 2.62 bits per heavy atom. The zero-order valence-corrected chi connectivity index (χ0v) is 10.2. The topological polar surface area (TPSA) is 56.7 Å². The van der Waals surface area contributed by atoms with Gasteiger partial charge in [-0.25, -0.2) is 0 Å². The molecule has 0 saturated heterocycles. The third-order valence-electron chi connectivity index (χ3n) is 1.80. The number of rotatable bonds is 5. The lowest BCUT2D eigenvalue weighted by Crippen LogP contribution is -2.37. The molecule has 0 bridgehead atoms. The number of aliphatic imine (C=N–C) groups is 1. The Balaban J connectivity index is 4.03. The maximum atomic E-state index is 11.3. The first-order chi connectivity index (χ1) is 7.61. The fraction of sp³-hybridized carbons (Fsp3) is 0.636. The number of amides is 1. The molecule has 0 radical (unpaired) electrons. The molecule has 0 aromatic rings. The standard InChI is InChI=1S/C11H20N4O/c1-5-8-13-11(12-6-2)14-9-7-10(16)15(3)4/h1H,6-9H2,2-4H3,(H2,12,13,14). The summed E-state index contributed by atoms with van der Waals surface area (Å²) < 4.78 is 0. The monoisotopic (exact) mass is 224 g/mol. The Bertz CT molecular complexity index is 278. The lowest BCUT2D eigenvalue weighted by Gasteiger charge is -2.10. The molecule has 0 spiro atoms. The molecule has 0 heterocycles. The molecule has 90 valence electrons. The van der Waals surface area contributed by atoms with Gasteiger partial charge in [0.15, 0.2) is 5.96 Å². The molecule has 1 amide bonds. The molecule has 0 atom stereocenters. The summed E-state index contributed by atoms with van der Waals surface area (Å²) >= 11 is 0. The fourth-order valence-corrected chi connectivity index (χ4v) is 0.963. The van der Waals surface area contributed by atoms with Crippen LogP contribution in [-0.2, 0) is 4.79 Å². The molecule has 5 heteroatoms. The zero-order valence-electron chi connectivity index (χ0n) is 10.2. The number of carbonyl (C=O) groups is 1. The van der Waals surface area contributed by atoms with E-state index in [2.05, 4.69) is 21.5 Å². The number of terminal acetylenes is 1. The Hall–Kier alpha value is -1.70. The van der Waals surface area contributed by atoms with Crippen LogP contribution >= 0.6 is 0 Å². The van der Waals surface area contributed by atoms with E-state index in [0.717, 1.165) is 6.54 Å². The first kappa shape index (κ1) is 14.3. The first-order valence-electron chi connectivity index (χ1n) is 5.27. The summed E-state index contributed by atoms with van der Waals surface area (Å²) in [4.78, 5) is 17.1. The number of nitrogens with one attached hydrogen (secondary N) is 2. The van der Waals surface area contributed by atoms with E-state index in [1.165, 1.54) is 0 Å². The van der Waals surface area contributed by atoms with Crippen LogP contribution in [0.5, 0.6) is 0 Å². The molecule has 0 rings (SSSR count). The van der Waals surface area contributed by atoms with Crippen LogP contribution in [-0.4, -0.2) is 50.5 Å². The van der Waals surface area contributed by atoms with Crippen molar-refractivity contribution in [1.82, 2.24) is 15.5 Å². The molecule has 0 saturated carbocycles. The van der Waals surface area contributed by atoms with E-state index >= 15 is 0 Å². The molecule has 0 aromatic carbocycles. The van der Waals surface area contributed by atoms with Gasteiger partial charge in [0.25, 0.3) is 0 Å². The molecule has 0 unspecified atom stereocenters. The molecule has 0 aliphatic rings. The van der Waals surface area contributed by atoms with Gasteiger partial charge >= 0.3 is 0 Å². The molecule has 5 nitrogen and oxygen atoms in total. The summed E-state index contributed by atoms with van der Waals surface area (Å²) in [6.45, 7) is 3.61. The van der Waals surface area contributed by atoms with Crippen molar-refractivity contribution < 1.29 is 4.79 Å². The summed E-state index contributed by atoms with van der Waals surface area (Å²) in [7, 11) is 3.46. The second-order valence-electron chi connectivity index (χ2n) is 3.36. The van der Waals surface area contributed by atoms with Crippen molar-refractivity contribution in [1.29, 1.82) is 0 Å². The van der Waals surface area contributed by atoms with E-state index < -0.39 is 0 Å². The van der Waals surface area contributed by atoms with E-state index in [-0.39, 0.29) is 5.91 Å². The summed E-state index contributed by atoms with van der Waals surface area (Å²) in [6.07, 6.45) is 5.54. The summed E-state index contributed by atoms with van der Waals surface area (Å²) in [5, 5.41) is 5.99. The zero-order chi connectivity index (χ0) is 12.4. The van der Waals surface area contributed by atoms with Gasteiger partial charge in [-0.3, -0.25) is 9.79 Å². The summed E-state index contributed by atoms with van der Waals surface area (Å²) in [5.41, 5.74) is 0. The molecular formula is C11H20N4O. The highest BCUT2D eigenvalue weighted by molar-refractivity contribution is 5.80. The minimum atomic E-state index is 0.0662. The Kier molecular flexibility index (Phi) is 7.68. The Morgan fingerprint density at radius 1 is 1.44 bits per heavy atom. The van der Waals surface area contributed by atoms with Crippen molar-refractivity contribution in [2.45, 2.75) is 13.3 Å². The number of carbonyl (C=O) groups excluding carboxylic acids is 1. The van der Waals surface area contributed by atoms with Crippen molar-refractivity contribution in [3.05, 3.63) is 0 Å². The number of nitrogens with zero attached hydrogens (tertiary/aromatic N) is 2. The molecule has 0 aromatic heterocycles. The van der Waals surface area contributed by atoms with E-state index in [4.69, 9.17) is 6.42 Å². The van der Waals surface area contributed by atoms with Crippen LogP contribution in [0.4, 0.5) is 0 Å². The Labute approximate surface area is 97.3 Å². The van der Waals surface area contributed by atoms with Crippen molar-refractivity contribution in [3.8, 4) is 12.3 Å². The second kappa shape index (κ2) is 8.60. The molecular weight excluding hydrogens is 204 g/mol. The maximum absolute atomic E-state index is 11.3. The third-order valence-corrected chi connectivity index (χ3v) is 1.80. The van der Waals surface area contributed by atoms with Crippen molar-refractivity contribution in [3.63, 3.8) is 0 Å². The number of hydrogen-bond donors (Lipinski definition) is 2. The van der Waals surface area contributed by atoms with Crippen molar-refractivity contribution in [2.24, 2.45) is 4.99 Å². The van der Waals surface area contributed by atoms with Crippen LogP contribution in [0.15, 0.2) is 4.99 Å². The lowest BCUT2D eigenvalue weighted by atomic mass is 10.4. The fourth-order valence-electron chi connectivity index (χ4n) is 0.963. The highest BCUT2D eigenvalue weighted by Crippen LogP contribution is 1.87. The molecule has 0 fully saturated rings. The lowest BCUT2D eigenvalue weighted by molar-refractivity contribution is -0.128. The highest BCUT2D eigenvalue weighted by atomic mass is 16.2. The average molecular weight is 224 g/mol. The van der Waals surface area contributed by atoms with Crippen molar-refractivity contribution >= 4 is 11.9 Å². The van der Waals surface area contributed by atoms with Crippen LogP contribution in [0.1, 0.15) is 13.3 Å². The quantitative estimate of drug-likeness (QED) is 0.381. The summed E-state index contributed by atoms with van der Waals surface area (Å²) in [6, 6.07) is 0. The highest BCUT2D eigenvalue weighted by Gasteiger charge is 2.02. The molecule has 2 N–H and O–H groups in total. The normalized spacial score (nSPS) is 10.5. The van der Waals surface area contributed by atoms with Crippen LogP contribution in [0.25, 0.3) is 0 Å². The van der Waals surface area contributed by atoms with Crippen LogP contribution in [0.3, 0.4) is 0 Å². The van der Waals surface area contributed by atoms with E-state index in [0.29, 0.717) is 25.5 Å². The van der Waals surface area contributed by atoms with Gasteiger partial charge in [0.05, 0.1) is 13.1 Å². The smallest absolute Gasteiger partial charge is 0.223 e. The van der Waals surface area contributed by atoms with Gasteiger partial charge in [-0.15, -0.1) is 6.42 Å². The molecule has 16 heavy (non-hydrogen) atoms. The minimum absolute atomic E-state index is 0.0662. The summed E-state index contributed by atoms with van der Waals surface area (Å²) in [5.74, 6) is 3.18. The second-order valence-corrected chi connectivity index (χ2v) is 3.36.